The summed E-state index contributed by atoms with van der Waals surface area (Å²) in [5.41, 5.74) is 0. The highest BCUT2D eigenvalue weighted by Gasteiger charge is 1.99. The first-order chi connectivity index (χ1) is 3.13. The minimum absolute atomic E-state index is 0.000000000000000222. The van der Waals surface area contributed by atoms with Crippen molar-refractivity contribution in [2.24, 2.45) is 0 Å². The monoisotopic (exact) mass is 89.1 g/mol. The normalized spacial score (nSPS) is 8.29. The summed E-state index contributed by atoms with van der Waals surface area (Å²) in [5.74, 6) is 0. The van der Waals surface area contributed by atoms with Crippen LogP contribution in [-0.2, 0) is 0 Å². The van der Waals surface area contributed by atoms with Crippen molar-refractivity contribution in [2.75, 3.05) is 0 Å². The van der Waals surface area contributed by atoms with Crippen LogP contribution in [0, 0.1) is 0 Å². The zero-order chi connectivity index (χ0) is 5.86. The molecule has 5 heteroatoms. The quantitative estimate of drug-likeness (QED) is 0.434. The summed E-state index contributed by atoms with van der Waals surface area (Å²) < 4.78 is 0. The van der Waals surface area contributed by atoms with Gasteiger partial charge in [0.1, 0.15) is 13.5 Å². The van der Waals surface area contributed by atoms with Crippen molar-refractivity contribution in [2.45, 2.75) is 13.6 Å². The molecule has 0 aromatic heterocycles. The van der Waals surface area contributed by atoms with Crippen LogP contribution in [0.5, 0.6) is 0 Å². The molecule has 0 heterocycles. The Kier molecular flexibility index (Phi) is 3.35. The molecule has 1 N–H and O–H groups in total. The third-order valence-corrected chi connectivity index (χ3v) is 0.526. The molecule has 0 rings (SSSR count). The van der Waals surface area contributed by atoms with Gasteiger partial charge in [0.2, 0.25) is 0 Å². The third kappa shape index (κ3) is 6.22. The fraction of sp³-hybridized carbons (Fsp3) is 1.00. The van der Waals surface area contributed by atoms with E-state index in [0.29, 0.717) is 0 Å². The zero-order valence-corrected chi connectivity index (χ0v) is 4.81. The predicted octanol–water partition coefficient (Wildman–Crippen LogP) is -0.851. The lowest BCUT2D eigenvalue weighted by Crippen LogP contribution is -2.42. The van der Waals surface area contributed by atoms with E-state index in [1.807, 2.05) is 13.6 Å². The van der Waals surface area contributed by atoms with E-state index in [0.717, 1.165) is 0 Å². The molecule has 0 amide bonds. The third-order valence-electron chi connectivity index (χ3n) is 0.526. The molecule has 0 aliphatic carbocycles. The Balaban J connectivity index is 2.95. The topological polar surface area (TPSA) is 12.0 Å². The summed E-state index contributed by atoms with van der Waals surface area (Å²) in [6, 6.07) is 0. The van der Waals surface area contributed by atoms with Gasteiger partial charge in [-0.15, -0.1) is 0 Å². The van der Waals surface area contributed by atoms with Crippen molar-refractivity contribution in [1.82, 2.24) is 5.14 Å². The lowest BCUT2D eigenvalue weighted by Gasteiger charge is -2.05. The van der Waals surface area contributed by atoms with E-state index in [2.05, 4.69) is 5.14 Å². The van der Waals surface area contributed by atoms with Gasteiger partial charge in [-0.3, -0.25) is 0 Å². The molecular formula is C2H7B4N. The van der Waals surface area contributed by atoms with Crippen LogP contribution < -0.4 is 5.14 Å². The van der Waals surface area contributed by atoms with E-state index < -0.39 is 0 Å². The lowest BCUT2D eigenvalue weighted by atomic mass is 9.33. The summed E-state index contributed by atoms with van der Waals surface area (Å²) in [5, 5.41) is 2.86. The molecule has 0 aliphatic heterocycles. The number of hydrogen-bond donors (Lipinski definition) is 1. The van der Waals surface area contributed by atoms with Crippen LogP contribution in [0.15, 0.2) is 0 Å². The molecule has 0 saturated carbocycles. The Labute approximate surface area is 48.6 Å². The number of nitrogens with one attached hydrogen (secondary N) is 1. The molecule has 0 unspecified atom stereocenters. The van der Waals surface area contributed by atoms with Crippen molar-refractivity contribution in [3.05, 3.63) is 0 Å². The first kappa shape index (κ1) is 7.22. The molecule has 0 aromatic rings. The Morgan fingerprint density at radius 1 is 1.14 bits per heavy atom. The van der Waals surface area contributed by atoms with Crippen LogP contribution in [0.3, 0.4) is 0 Å². The molecule has 0 fully saturated rings. The Bertz CT molecular complexity index is 39.0. The van der Waals surface area contributed by atoms with Crippen LogP contribution in [0.25, 0.3) is 0 Å². The molecule has 4 radical (unpaired) electrons. The van der Waals surface area contributed by atoms with Crippen molar-refractivity contribution in [3.63, 3.8) is 0 Å². The average molecular weight is 88.3 g/mol. The van der Waals surface area contributed by atoms with Gasteiger partial charge >= 0.3 is 0 Å². The second kappa shape index (κ2) is 3.25. The van der Waals surface area contributed by atoms with Crippen LogP contribution in [0.1, 0.15) is 0 Å². The SMILES string of the molecule is [B]B(C)NB([B])C. The Morgan fingerprint density at radius 2 is 1.43 bits per heavy atom. The van der Waals surface area contributed by atoms with E-state index >= 15 is 0 Å². The van der Waals surface area contributed by atoms with Gasteiger partial charge in [0.25, 0.3) is 0 Å². The number of hydrogen-bond acceptors (Lipinski definition) is 1. The molecule has 0 bridgehead atoms. The van der Waals surface area contributed by atoms with Gasteiger partial charge in [0.15, 0.2) is 0 Å². The standard InChI is InChI=1S/C2H7B4N/c1-5(3)7-6(2)4/h7H,1-2H3. The maximum atomic E-state index is 5.30. The second-order valence-corrected chi connectivity index (χ2v) is 1.74. The summed E-state index contributed by atoms with van der Waals surface area (Å²) in [6.07, 6.45) is 0. The molecule has 32 valence electrons. The number of rotatable bonds is 2. The van der Waals surface area contributed by atoms with Gasteiger partial charge in [-0.1, -0.05) is 13.6 Å². The molecule has 0 atom stereocenters. The van der Waals surface area contributed by atoms with E-state index in [9.17, 15) is 0 Å². The van der Waals surface area contributed by atoms with E-state index in [1.165, 1.54) is 0 Å². The maximum absolute atomic E-state index is 5.30. The maximum Gasteiger partial charge on any atom is 0.150 e. The van der Waals surface area contributed by atoms with Gasteiger partial charge < -0.3 is 5.14 Å². The van der Waals surface area contributed by atoms with E-state index in [-0.39, 0.29) is 13.5 Å². The second-order valence-electron chi connectivity index (χ2n) is 1.74. The smallest absolute Gasteiger partial charge is 0.150 e. The average Bonchev–Trinajstić information content (AvgIpc) is 1.27. The minimum atomic E-state index is -0.000000000000000444. The van der Waals surface area contributed by atoms with Crippen molar-refractivity contribution < 1.29 is 0 Å². The van der Waals surface area contributed by atoms with Crippen LogP contribution in [0.4, 0.5) is 0 Å². The molecule has 1 nitrogen and oxygen atoms in total. The molecule has 7 heavy (non-hydrogen) atoms. The summed E-state index contributed by atoms with van der Waals surface area (Å²) in [6.45, 7) is 3.70. The van der Waals surface area contributed by atoms with Crippen LogP contribution in [-0.4, -0.2) is 29.0 Å². The highest BCUT2D eigenvalue weighted by molar-refractivity contribution is 7.12. The van der Waals surface area contributed by atoms with Gasteiger partial charge in [-0.2, -0.15) is 0 Å². The Morgan fingerprint density at radius 3 is 1.43 bits per heavy atom. The van der Waals surface area contributed by atoms with E-state index in [1.54, 1.807) is 0 Å². The van der Waals surface area contributed by atoms with Crippen molar-refractivity contribution in [1.29, 1.82) is 0 Å². The van der Waals surface area contributed by atoms with Gasteiger partial charge in [-0.05, 0) is 0 Å². The predicted molar refractivity (Wildman–Crippen MR) is 37.9 cm³/mol. The van der Waals surface area contributed by atoms with Crippen LogP contribution in [0.2, 0.25) is 13.6 Å². The highest BCUT2D eigenvalue weighted by atomic mass is 14.6. The molecule has 0 saturated heterocycles. The van der Waals surface area contributed by atoms with Gasteiger partial charge in [0, 0.05) is 15.5 Å². The lowest BCUT2D eigenvalue weighted by molar-refractivity contribution is 1.53. The molecule has 0 aromatic carbocycles. The summed E-state index contributed by atoms with van der Waals surface area (Å²) in [4.78, 5) is 0. The largest absolute Gasteiger partial charge is 0.412 e. The van der Waals surface area contributed by atoms with Gasteiger partial charge in [-0.25, -0.2) is 0 Å². The fourth-order valence-corrected chi connectivity index (χ4v) is 0.415. The fourth-order valence-electron chi connectivity index (χ4n) is 0.415. The summed E-state index contributed by atoms with van der Waals surface area (Å²) >= 11 is 0. The van der Waals surface area contributed by atoms with Crippen LogP contribution >= 0.6 is 0 Å². The summed E-state index contributed by atoms with van der Waals surface area (Å²) in [7, 11) is 10.6. The molecular weight excluding hydrogens is 81.3 g/mol. The molecule has 0 spiro atoms. The van der Waals surface area contributed by atoms with Crippen molar-refractivity contribution >= 4 is 29.0 Å². The Hall–Kier alpha value is 0.220. The van der Waals surface area contributed by atoms with Crippen molar-refractivity contribution in [3.8, 4) is 0 Å². The molecule has 0 aliphatic rings. The van der Waals surface area contributed by atoms with Gasteiger partial charge in [0.05, 0.1) is 0 Å². The van der Waals surface area contributed by atoms with E-state index in [4.69, 9.17) is 15.5 Å². The zero-order valence-electron chi connectivity index (χ0n) is 4.81. The first-order valence-corrected chi connectivity index (χ1v) is 2.40. The first-order valence-electron chi connectivity index (χ1n) is 2.40. The highest BCUT2D eigenvalue weighted by Crippen LogP contribution is 1.66. The minimum Gasteiger partial charge on any atom is -0.412 e.